The van der Waals surface area contributed by atoms with Crippen LogP contribution in [0.3, 0.4) is 0 Å². The van der Waals surface area contributed by atoms with Crippen LogP contribution >= 0.6 is 0 Å². The molecule has 6 nitrogen and oxygen atoms in total. The van der Waals surface area contributed by atoms with Crippen LogP contribution in [-0.2, 0) is 4.74 Å². The molecule has 0 aliphatic carbocycles. The lowest BCUT2D eigenvalue weighted by Crippen LogP contribution is -2.89. The summed E-state index contributed by atoms with van der Waals surface area (Å²) in [5, 5.41) is 12.7. The molecule has 0 aliphatic heterocycles. The second-order valence-electron chi connectivity index (χ2n) is 5.10. The number of ether oxygens (including phenoxy) is 1. The lowest BCUT2D eigenvalue weighted by molar-refractivity contribution is -0.657. The number of non-ortho nitro benzene ring substituents is 1. The Hall–Kier alpha value is -2.57. The van der Waals surface area contributed by atoms with Crippen molar-refractivity contribution in [3.05, 3.63) is 75.8 Å². The number of hydrogen-bond donors (Lipinski definition) is 1. The van der Waals surface area contributed by atoms with Gasteiger partial charge in [0.25, 0.3) is 5.69 Å². The molecule has 0 saturated carbocycles. The standard InChI is InChI=1S/C17H18N2O4/c1-18-15(16(20)12-7-4-3-5-8-12)17(23-2)13-9-6-10-14(11-13)19(21)22/h3-11,15,17-18H,1-2H3/p+1/t15-,17-/m1/s1. The third-order valence-corrected chi connectivity index (χ3v) is 3.71. The zero-order chi connectivity index (χ0) is 16.8. The Kier molecular flexibility index (Phi) is 5.56. The second-order valence-corrected chi connectivity index (χ2v) is 5.10. The first-order valence-electron chi connectivity index (χ1n) is 7.24. The number of benzene rings is 2. The van der Waals surface area contributed by atoms with E-state index in [1.165, 1.54) is 19.2 Å². The van der Waals surface area contributed by atoms with Gasteiger partial charge in [0.15, 0.2) is 6.04 Å². The predicted molar refractivity (Wildman–Crippen MR) is 85.3 cm³/mol. The molecule has 0 aromatic heterocycles. The molecule has 0 fully saturated rings. The summed E-state index contributed by atoms with van der Waals surface area (Å²) >= 11 is 0. The van der Waals surface area contributed by atoms with E-state index in [4.69, 9.17) is 4.74 Å². The van der Waals surface area contributed by atoms with Crippen LogP contribution in [0.1, 0.15) is 22.0 Å². The first-order valence-corrected chi connectivity index (χ1v) is 7.24. The van der Waals surface area contributed by atoms with Gasteiger partial charge in [0.05, 0.1) is 12.0 Å². The van der Waals surface area contributed by atoms with Crippen molar-refractivity contribution in [1.82, 2.24) is 0 Å². The fraction of sp³-hybridized carbons (Fsp3) is 0.235. The molecule has 0 unspecified atom stereocenters. The van der Waals surface area contributed by atoms with Crippen LogP contribution in [0.4, 0.5) is 5.69 Å². The number of likely N-dealkylation sites (N-methyl/N-ethyl adjacent to an activating group) is 1. The van der Waals surface area contributed by atoms with E-state index in [9.17, 15) is 14.9 Å². The normalized spacial score (nSPS) is 13.3. The van der Waals surface area contributed by atoms with Crippen LogP contribution in [0.2, 0.25) is 0 Å². The minimum Gasteiger partial charge on any atom is -0.370 e. The van der Waals surface area contributed by atoms with Crippen molar-refractivity contribution < 1.29 is 19.8 Å². The summed E-state index contributed by atoms with van der Waals surface area (Å²) in [7, 11) is 3.28. The maximum Gasteiger partial charge on any atom is 0.269 e. The minimum absolute atomic E-state index is 0.0217. The monoisotopic (exact) mass is 315 g/mol. The number of Topliss-reactive ketones (excluding diaryl/α,β-unsaturated/α-hetero) is 1. The fourth-order valence-corrected chi connectivity index (χ4v) is 2.56. The van der Waals surface area contributed by atoms with Crippen molar-refractivity contribution in [2.45, 2.75) is 12.1 Å². The van der Waals surface area contributed by atoms with Gasteiger partial charge in [-0.1, -0.05) is 42.5 Å². The molecule has 120 valence electrons. The van der Waals surface area contributed by atoms with E-state index >= 15 is 0 Å². The van der Waals surface area contributed by atoms with Gasteiger partial charge in [-0.2, -0.15) is 0 Å². The maximum atomic E-state index is 12.7. The molecule has 0 amide bonds. The Morgan fingerprint density at radius 1 is 1.17 bits per heavy atom. The number of carbonyl (C=O) groups is 1. The smallest absolute Gasteiger partial charge is 0.269 e. The molecule has 2 aromatic rings. The number of quaternary nitrogens is 1. The Bertz CT molecular complexity index is 688. The molecular weight excluding hydrogens is 296 g/mol. The molecule has 2 atom stereocenters. The van der Waals surface area contributed by atoms with Crippen molar-refractivity contribution in [2.24, 2.45) is 0 Å². The molecule has 0 heterocycles. The number of rotatable bonds is 7. The van der Waals surface area contributed by atoms with Gasteiger partial charge < -0.3 is 10.1 Å². The zero-order valence-electron chi connectivity index (χ0n) is 13.0. The molecule has 6 heteroatoms. The van der Waals surface area contributed by atoms with E-state index in [-0.39, 0.29) is 11.5 Å². The number of ketones is 1. The lowest BCUT2D eigenvalue weighted by atomic mass is 9.94. The summed E-state index contributed by atoms with van der Waals surface area (Å²) in [6.45, 7) is 0. The van der Waals surface area contributed by atoms with Crippen LogP contribution in [0.15, 0.2) is 54.6 Å². The lowest BCUT2D eigenvalue weighted by Gasteiger charge is -2.22. The third kappa shape index (κ3) is 3.80. The van der Waals surface area contributed by atoms with Crippen molar-refractivity contribution in [1.29, 1.82) is 0 Å². The van der Waals surface area contributed by atoms with E-state index in [0.29, 0.717) is 11.1 Å². The average molecular weight is 315 g/mol. The van der Waals surface area contributed by atoms with Crippen LogP contribution in [0.5, 0.6) is 0 Å². The number of methoxy groups -OCH3 is 1. The van der Waals surface area contributed by atoms with E-state index < -0.39 is 17.1 Å². The zero-order valence-corrected chi connectivity index (χ0v) is 13.0. The molecule has 0 aliphatic rings. The molecule has 0 spiro atoms. The summed E-state index contributed by atoms with van der Waals surface area (Å²) in [5.41, 5.74) is 1.17. The van der Waals surface area contributed by atoms with Gasteiger partial charge in [0.1, 0.15) is 6.10 Å². The van der Waals surface area contributed by atoms with Gasteiger partial charge in [-0.05, 0) is 5.56 Å². The van der Waals surface area contributed by atoms with Gasteiger partial charge in [0.2, 0.25) is 5.78 Å². The maximum absolute atomic E-state index is 12.7. The number of nitro benzene ring substituents is 1. The topological polar surface area (TPSA) is 86.0 Å². The molecule has 2 aromatic carbocycles. The fourth-order valence-electron chi connectivity index (χ4n) is 2.56. The molecule has 0 radical (unpaired) electrons. The first kappa shape index (κ1) is 16.8. The summed E-state index contributed by atoms with van der Waals surface area (Å²) in [6.07, 6.45) is -0.576. The predicted octanol–water partition coefficient (Wildman–Crippen LogP) is 1.73. The van der Waals surface area contributed by atoms with Crippen molar-refractivity contribution in [2.75, 3.05) is 14.2 Å². The number of hydrogen-bond acceptors (Lipinski definition) is 4. The summed E-state index contributed by atoms with van der Waals surface area (Å²) in [4.78, 5) is 23.2. The number of nitro groups is 1. The van der Waals surface area contributed by atoms with Gasteiger partial charge in [-0.3, -0.25) is 14.9 Å². The van der Waals surface area contributed by atoms with Crippen LogP contribution in [0.25, 0.3) is 0 Å². The highest BCUT2D eigenvalue weighted by Crippen LogP contribution is 2.24. The largest absolute Gasteiger partial charge is 0.370 e. The molecule has 2 rings (SSSR count). The summed E-state index contributed by atoms with van der Waals surface area (Å²) in [5.74, 6) is -0.0774. The summed E-state index contributed by atoms with van der Waals surface area (Å²) < 4.78 is 5.49. The van der Waals surface area contributed by atoms with Crippen LogP contribution in [-0.4, -0.2) is 30.9 Å². The van der Waals surface area contributed by atoms with Crippen LogP contribution < -0.4 is 5.32 Å². The Balaban J connectivity index is 2.35. The van der Waals surface area contributed by atoms with Gasteiger partial charge in [0, 0.05) is 24.8 Å². The highest BCUT2D eigenvalue weighted by molar-refractivity contribution is 5.99. The number of nitrogens with two attached hydrogens (primary N) is 1. The quantitative estimate of drug-likeness (QED) is 0.479. The summed E-state index contributed by atoms with van der Waals surface area (Å²) in [6, 6.07) is 14.6. The van der Waals surface area contributed by atoms with Gasteiger partial charge >= 0.3 is 0 Å². The van der Waals surface area contributed by atoms with Crippen molar-refractivity contribution >= 4 is 11.5 Å². The Morgan fingerprint density at radius 2 is 1.87 bits per heavy atom. The highest BCUT2D eigenvalue weighted by atomic mass is 16.6. The Labute approximate surface area is 134 Å². The number of carbonyl (C=O) groups excluding carboxylic acids is 1. The molecule has 23 heavy (non-hydrogen) atoms. The minimum atomic E-state index is -0.576. The molecule has 2 N–H and O–H groups in total. The third-order valence-electron chi connectivity index (χ3n) is 3.71. The Morgan fingerprint density at radius 3 is 2.43 bits per heavy atom. The molecular formula is C17H19N2O4+. The van der Waals surface area contributed by atoms with Gasteiger partial charge in [-0.15, -0.1) is 0 Å². The molecule has 0 bridgehead atoms. The van der Waals surface area contributed by atoms with Gasteiger partial charge in [-0.25, -0.2) is 0 Å². The SMILES string of the molecule is C[NH2+][C@H](C(=O)c1ccccc1)[C@H](OC)c1cccc([N+](=O)[O-])c1. The second kappa shape index (κ2) is 7.62. The van der Waals surface area contributed by atoms with Crippen molar-refractivity contribution in [3.8, 4) is 0 Å². The van der Waals surface area contributed by atoms with Crippen LogP contribution in [0, 0.1) is 10.1 Å². The van der Waals surface area contributed by atoms with E-state index in [1.807, 2.05) is 6.07 Å². The van der Waals surface area contributed by atoms with Crippen molar-refractivity contribution in [3.63, 3.8) is 0 Å². The average Bonchev–Trinajstić information content (AvgIpc) is 2.59. The van der Waals surface area contributed by atoms with E-state index in [2.05, 4.69) is 0 Å². The highest BCUT2D eigenvalue weighted by Gasteiger charge is 2.33. The van der Waals surface area contributed by atoms with E-state index in [0.717, 1.165) is 0 Å². The molecule has 0 saturated heterocycles. The van der Waals surface area contributed by atoms with E-state index in [1.54, 1.807) is 48.8 Å². The first-order chi connectivity index (χ1) is 11.1. The number of nitrogens with zero attached hydrogens (tertiary/aromatic N) is 1.